The van der Waals surface area contributed by atoms with E-state index < -0.39 is 11.6 Å². The van der Waals surface area contributed by atoms with Crippen molar-refractivity contribution in [2.75, 3.05) is 39.9 Å². The van der Waals surface area contributed by atoms with Crippen LogP contribution >= 0.6 is 0 Å². The third-order valence-electron chi connectivity index (χ3n) is 7.47. The first-order chi connectivity index (χ1) is 17.0. The van der Waals surface area contributed by atoms with E-state index in [1.54, 1.807) is 12.0 Å². The molecule has 4 rings (SSSR count). The van der Waals surface area contributed by atoms with Crippen LogP contribution in [0.2, 0.25) is 0 Å². The normalized spacial score (nSPS) is 19.3. The number of methoxy groups -OCH3 is 1. The lowest BCUT2D eigenvalue weighted by atomic mass is 9.85. The summed E-state index contributed by atoms with van der Waals surface area (Å²) < 4.78 is 32.0. The van der Waals surface area contributed by atoms with Crippen molar-refractivity contribution in [3.8, 4) is 5.75 Å². The van der Waals surface area contributed by atoms with Crippen LogP contribution in [0.1, 0.15) is 42.7 Å². The van der Waals surface area contributed by atoms with Crippen molar-refractivity contribution in [1.29, 1.82) is 0 Å². The van der Waals surface area contributed by atoms with Gasteiger partial charge in [-0.3, -0.25) is 9.69 Å². The van der Waals surface area contributed by atoms with Gasteiger partial charge in [0.05, 0.1) is 13.7 Å². The number of hydrogen-bond acceptors (Lipinski definition) is 4. The Morgan fingerprint density at radius 3 is 2.23 bits per heavy atom. The third-order valence-corrected chi connectivity index (χ3v) is 7.47. The number of carbonyl (C=O) groups excluding carboxylic acids is 1. The minimum absolute atomic E-state index is 0.106. The summed E-state index contributed by atoms with van der Waals surface area (Å²) in [6.45, 7) is 3.26. The van der Waals surface area contributed by atoms with Gasteiger partial charge in [-0.1, -0.05) is 12.1 Å². The minimum atomic E-state index is -0.666. The lowest BCUT2D eigenvalue weighted by molar-refractivity contribution is -0.127. The SMILES string of the molecule is COc1ccc(C2CCN([C@@H](CO)C3CCN(C(=O)/C=C/c4cc(F)cc(F)c4)CC3)CC2)cc1. The second-order valence-corrected chi connectivity index (χ2v) is 9.53. The molecule has 0 bridgehead atoms. The number of halogens is 2. The number of nitrogens with zero attached hydrogens (tertiary/aromatic N) is 2. The van der Waals surface area contributed by atoms with Gasteiger partial charge in [0.1, 0.15) is 17.4 Å². The molecule has 0 aliphatic carbocycles. The Bertz CT molecular complexity index is 991. The average molecular weight is 485 g/mol. The molecule has 2 aliphatic rings. The standard InChI is InChI=1S/C28H34F2N2O3/c1-35-26-5-3-21(4-6-26)22-8-12-31(13-9-22)27(19-33)23-10-14-32(15-11-23)28(34)7-2-20-16-24(29)18-25(30)17-20/h2-7,16-18,22-23,27,33H,8-15,19H2,1H3/b7-2+/t27-/m0/s1. The Morgan fingerprint density at radius 1 is 1.03 bits per heavy atom. The molecule has 1 atom stereocenters. The molecule has 2 heterocycles. The molecular formula is C28H34F2N2O3. The number of amides is 1. The molecule has 2 fully saturated rings. The second kappa shape index (κ2) is 11.8. The van der Waals surface area contributed by atoms with E-state index in [0.29, 0.717) is 30.5 Å². The number of carbonyl (C=O) groups is 1. The molecule has 5 nitrogen and oxygen atoms in total. The van der Waals surface area contributed by atoms with Crippen molar-refractivity contribution < 1.29 is 23.4 Å². The molecule has 0 unspecified atom stereocenters. The molecule has 0 aromatic heterocycles. The zero-order valence-electron chi connectivity index (χ0n) is 20.2. The maximum Gasteiger partial charge on any atom is 0.246 e. The van der Waals surface area contributed by atoms with Gasteiger partial charge < -0.3 is 14.7 Å². The fraction of sp³-hybridized carbons (Fsp3) is 0.464. The van der Waals surface area contributed by atoms with Crippen molar-refractivity contribution >= 4 is 12.0 Å². The van der Waals surface area contributed by atoms with Crippen LogP contribution in [0.4, 0.5) is 8.78 Å². The van der Waals surface area contributed by atoms with Crippen LogP contribution in [-0.2, 0) is 4.79 Å². The van der Waals surface area contributed by atoms with Gasteiger partial charge in [0.25, 0.3) is 0 Å². The van der Waals surface area contributed by atoms with E-state index in [9.17, 15) is 18.7 Å². The number of likely N-dealkylation sites (tertiary alicyclic amines) is 2. The van der Waals surface area contributed by atoms with Crippen molar-refractivity contribution in [2.45, 2.75) is 37.6 Å². The largest absolute Gasteiger partial charge is 0.497 e. The number of aliphatic hydroxyl groups excluding tert-OH is 1. The van der Waals surface area contributed by atoms with Gasteiger partial charge in [-0.05, 0) is 92.1 Å². The number of hydrogen-bond donors (Lipinski definition) is 1. The van der Waals surface area contributed by atoms with Crippen LogP contribution in [0.5, 0.6) is 5.75 Å². The highest BCUT2D eigenvalue weighted by atomic mass is 19.1. The Labute approximate surface area is 206 Å². The fourth-order valence-electron chi connectivity index (χ4n) is 5.45. The number of ether oxygens (including phenoxy) is 1. The van der Waals surface area contributed by atoms with Crippen LogP contribution in [0.15, 0.2) is 48.5 Å². The summed E-state index contributed by atoms with van der Waals surface area (Å²) in [5, 5.41) is 10.2. The first-order valence-electron chi connectivity index (χ1n) is 12.4. The number of benzene rings is 2. The van der Waals surface area contributed by atoms with E-state index in [4.69, 9.17) is 4.74 Å². The second-order valence-electron chi connectivity index (χ2n) is 9.53. The van der Waals surface area contributed by atoms with Crippen molar-refractivity contribution in [2.24, 2.45) is 5.92 Å². The highest BCUT2D eigenvalue weighted by Gasteiger charge is 2.33. The summed E-state index contributed by atoms with van der Waals surface area (Å²) in [7, 11) is 1.68. The Morgan fingerprint density at radius 2 is 1.66 bits per heavy atom. The summed E-state index contributed by atoms with van der Waals surface area (Å²) >= 11 is 0. The molecule has 2 aromatic carbocycles. The highest BCUT2D eigenvalue weighted by molar-refractivity contribution is 5.91. The Hall–Kier alpha value is -2.77. The molecule has 7 heteroatoms. The monoisotopic (exact) mass is 484 g/mol. The molecule has 2 aromatic rings. The zero-order chi connectivity index (χ0) is 24.8. The van der Waals surface area contributed by atoms with Crippen molar-refractivity contribution in [3.63, 3.8) is 0 Å². The van der Waals surface area contributed by atoms with E-state index in [1.165, 1.54) is 29.8 Å². The molecule has 1 amide bonds. The summed E-state index contributed by atoms with van der Waals surface area (Å²) in [5.74, 6) is 0.239. The number of piperidine rings is 2. The van der Waals surface area contributed by atoms with Crippen LogP contribution in [0.3, 0.4) is 0 Å². The van der Waals surface area contributed by atoms with E-state index in [1.807, 2.05) is 12.1 Å². The van der Waals surface area contributed by atoms with Gasteiger partial charge in [0, 0.05) is 31.3 Å². The minimum Gasteiger partial charge on any atom is -0.497 e. The van der Waals surface area contributed by atoms with Crippen LogP contribution < -0.4 is 4.74 Å². The molecular weight excluding hydrogens is 450 g/mol. The van der Waals surface area contributed by atoms with Gasteiger partial charge in [-0.25, -0.2) is 8.78 Å². The molecule has 35 heavy (non-hydrogen) atoms. The van der Waals surface area contributed by atoms with Crippen LogP contribution in [-0.4, -0.2) is 66.8 Å². The van der Waals surface area contributed by atoms with Crippen LogP contribution in [0, 0.1) is 17.6 Å². The zero-order valence-corrected chi connectivity index (χ0v) is 20.2. The first kappa shape index (κ1) is 25.3. The fourth-order valence-corrected chi connectivity index (χ4v) is 5.45. The maximum absolute atomic E-state index is 13.4. The molecule has 0 saturated carbocycles. The summed E-state index contributed by atoms with van der Waals surface area (Å²) in [6.07, 6.45) is 6.61. The topological polar surface area (TPSA) is 53.0 Å². The van der Waals surface area contributed by atoms with Crippen molar-refractivity contribution in [3.05, 3.63) is 71.3 Å². The first-order valence-corrected chi connectivity index (χ1v) is 12.4. The van der Waals surface area contributed by atoms with Gasteiger partial charge in [0.15, 0.2) is 0 Å². The molecule has 2 aliphatic heterocycles. The molecule has 188 valence electrons. The lowest BCUT2D eigenvalue weighted by Gasteiger charge is -2.43. The van der Waals surface area contributed by atoms with Gasteiger partial charge >= 0.3 is 0 Å². The predicted molar refractivity (Wildman–Crippen MR) is 132 cm³/mol. The van der Waals surface area contributed by atoms with Gasteiger partial charge in [-0.2, -0.15) is 0 Å². The maximum atomic E-state index is 13.4. The van der Waals surface area contributed by atoms with E-state index in [2.05, 4.69) is 17.0 Å². The van der Waals surface area contributed by atoms with E-state index in [-0.39, 0.29) is 18.6 Å². The third kappa shape index (κ3) is 6.47. The highest BCUT2D eigenvalue weighted by Crippen LogP contribution is 2.32. The number of aliphatic hydroxyl groups is 1. The molecule has 0 radical (unpaired) electrons. The van der Waals surface area contributed by atoms with Crippen molar-refractivity contribution in [1.82, 2.24) is 9.80 Å². The van der Waals surface area contributed by atoms with E-state index in [0.717, 1.165) is 50.6 Å². The van der Waals surface area contributed by atoms with Crippen LogP contribution in [0.25, 0.3) is 6.08 Å². The van der Waals surface area contributed by atoms with Gasteiger partial charge in [0.2, 0.25) is 5.91 Å². The lowest BCUT2D eigenvalue weighted by Crippen LogP contribution is -2.50. The van der Waals surface area contributed by atoms with Gasteiger partial charge in [-0.15, -0.1) is 0 Å². The Kier molecular flexibility index (Phi) is 8.52. The molecule has 1 N–H and O–H groups in total. The quantitative estimate of drug-likeness (QED) is 0.590. The summed E-state index contributed by atoms with van der Waals surface area (Å²) in [6, 6.07) is 11.6. The van der Waals surface area contributed by atoms with E-state index >= 15 is 0 Å². The molecule has 2 saturated heterocycles. The summed E-state index contributed by atoms with van der Waals surface area (Å²) in [4.78, 5) is 16.8. The number of rotatable bonds is 7. The Balaban J connectivity index is 1.27. The molecule has 0 spiro atoms. The smallest absolute Gasteiger partial charge is 0.246 e. The average Bonchev–Trinajstić information content (AvgIpc) is 2.88. The summed E-state index contributed by atoms with van der Waals surface area (Å²) in [5.41, 5.74) is 1.66. The predicted octanol–water partition coefficient (Wildman–Crippen LogP) is 4.47.